The number of phenols is 1. The van der Waals surface area contributed by atoms with E-state index in [-0.39, 0.29) is 28.1 Å². The highest BCUT2D eigenvalue weighted by Crippen LogP contribution is 2.40. The lowest BCUT2D eigenvalue weighted by molar-refractivity contribution is 0.0598. The van der Waals surface area contributed by atoms with E-state index in [1.807, 2.05) is 36.4 Å². The zero-order chi connectivity index (χ0) is 26.8. The third-order valence-corrected chi connectivity index (χ3v) is 6.63. The van der Waals surface area contributed by atoms with Crippen LogP contribution in [0.25, 0.3) is 21.9 Å². The molecule has 2 N–H and O–H groups in total. The summed E-state index contributed by atoms with van der Waals surface area (Å²) in [5, 5.41) is 15.2. The molecule has 0 saturated carbocycles. The highest BCUT2D eigenvalue weighted by atomic mass is 32.2. The minimum Gasteiger partial charge on any atom is -0.506 e. The van der Waals surface area contributed by atoms with Gasteiger partial charge >= 0.3 is 11.9 Å². The van der Waals surface area contributed by atoms with E-state index in [1.54, 1.807) is 12.1 Å². The zero-order valence-electron chi connectivity index (χ0n) is 20.2. The van der Waals surface area contributed by atoms with Gasteiger partial charge in [0.05, 0.1) is 30.9 Å². The van der Waals surface area contributed by atoms with Gasteiger partial charge in [-0.25, -0.2) is 14.6 Å². The van der Waals surface area contributed by atoms with Gasteiger partial charge in [0.25, 0.3) is 11.1 Å². The van der Waals surface area contributed by atoms with Crippen LogP contribution < -0.4 is 5.32 Å². The van der Waals surface area contributed by atoms with Crippen LogP contribution in [0.3, 0.4) is 0 Å². The molecule has 0 atom stereocenters. The summed E-state index contributed by atoms with van der Waals surface area (Å²) in [5.74, 6) is -2.28. The monoisotopic (exact) mass is 528 g/mol. The van der Waals surface area contributed by atoms with E-state index < -0.39 is 17.8 Å². The molecule has 38 heavy (non-hydrogen) atoms. The molecule has 0 fully saturated rings. The van der Waals surface area contributed by atoms with Crippen molar-refractivity contribution in [2.75, 3.05) is 19.5 Å². The summed E-state index contributed by atoms with van der Waals surface area (Å²) in [6.07, 6.45) is 0. The third-order valence-electron chi connectivity index (χ3n) is 5.73. The van der Waals surface area contributed by atoms with E-state index in [9.17, 15) is 19.5 Å². The number of ether oxygens (including phenoxy) is 2. The Balaban J connectivity index is 1.55. The maximum absolute atomic E-state index is 13.4. The van der Waals surface area contributed by atoms with Crippen molar-refractivity contribution in [1.82, 2.24) is 4.98 Å². The lowest BCUT2D eigenvalue weighted by Crippen LogP contribution is -2.15. The largest absolute Gasteiger partial charge is 0.506 e. The molecule has 0 aliphatic carbocycles. The number of para-hydroxylation sites is 2. The van der Waals surface area contributed by atoms with Crippen molar-refractivity contribution in [2.45, 2.75) is 10.1 Å². The van der Waals surface area contributed by atoms with Gasteiger partial charge in [0, 0.05) is 16.0 Å². The number of benzene rings is 4. The number of oxazole rings is 1. The molecule has 0 saturated heterocycles. The third kappa shape index (κ3) is 4.76. The van der Waals surface area contributed by atoms with Crippen LogP contribution in [-0.2, 0) is 9.47 Å². The van der Waals surface area contributed by atoms with Crippen LogP contribution in [0.5, 0.6) is 5.75 Å². The average molecular weight is 529 g/mol. The van der Waals surface area contributed by atoms with Crippen molar-refractivity contribution in [3.8, 4) is 5.75 Å². The molecule has 5 aromatic rings. The molecule has 0 aliphatic heterocycles. The number of amides is 1. The minimum absolute atomic E-state index is 0.0228. The number of fused-ring (bicyclic) bond motifs is 2. The van der Waals surface area contributed by atoms with E-state index >= 15 is 0 Å². The van der Waals surface area contributed by atoms with Gasteiger partial charge in [0.1, 0.15) is 11.3 Å². The van der Waals surface area contributed by atoms with Gasteiger partial charge in [-0.2, -0.15) is 0 Å². The Morgan fingerprint density at radius 3 is 2.16 bits per heavy atom. The molecule has 0 bridgehead atoms. The molecule has 190 valence electrons. The standard InChI is InChI=1S/C28H20N2O7S/c1-35-26(33)15-11-16(27(34)36-2)13-17(12-15)29-25(32)20-14-23(18-7-3-4-8-19(18)24(20)31)38-28-30-21-9-5-6-10-22(21)37-28/h3-14,31H,1-2H3,(H,29,32). The number of rotatable bonds is 6. The van der Waals surface area contributed by atoms with E-state index in [1.165, 1.54) is 50.2 Å². The number of nitrogens with one attached hydrogen (secondary N) is 1. The lowest BCUT2D eigenvalue weighted by atomic mass is 10.0. The van der Waals surface area contributed by atoms with Crippen LogP contribution >= 0.6 is 11.8 Å². The maximum Gasteiger partial charge on any atom is 0.337 e. The molecule has 4 aromatic carbocycles. The summed E-state index contributed by atoms with van der Waals surface area (Å²) in [5.41, 5.74) is 1.52. The molecule has 1 aromatic heterocycles. The molecule has 1 amide bonds. The van der Waals surface area contributed by atoms with E-state index in [2.05, 4.69) is 10.3 Å². The molecule has 5 rings (SSSR count). The molecule has 0 spiro atoms. The van der Waals surface area contributed by atoms with E-state index in [0.29, 0.717) is 32.0 Å². The Morgan fingerprint density at radius 2 is 1.50 bits per heavy atom. The molecule has 0 aliphatic rings. The lowest BCUT2D eigenvalue weighted by Gasteiger charge is -2.13. The Labute approximate surface area is 220 Å². The van der Waals surface area contributed by atoms with E-state index in [4.69, 9.17) is 13.9 Å². The first kappa shape index (κ1) is 24.8. The summed E-state index contributed by atoms with van der Waals surface area (Å²) in [6, 6.07) is 20.0. The Kier molecular flexibility index (Phi) is 6.71. The topological polar surface area (TPSA) is 128 Å². The summed E-state index contributed by atoms with van der Waals surface area (Å²) in [6.45, 7) is 0. The number of carbonyl (C=O) groups is 3. The Morgan fingerprint density at radius 1 is 0.868 bits per heavy atom. The molecular weight excluding hydrogens is 508 g/mol. The zero-order valence-corrected chi connectivity index (χ0v) is 21.0. The van der Waals surface area contributed by atoms with Gasteiger partial charge in [-0.1, -0.05) is 36.4 Å². The number of phenolic OH excluding ortho intramolecular Hbond substituents is 1. The van der Waals surface area contributed by atoms with Gasteiger partial charge < -0.3 is 24.3 Å². The van der Waals surface area contributed by atoms with Crippen LogP contribution in [0.2, 0.25) is 0 Å². The van der Waals surface area contributed by atoms with Gasteiger partial charge in [-0.3, -0.25) is 4.79 Å². The van der Waals surface area contributed by atoms with Crippen LogP contribution in [0.1, 0.15) is 31.1 Å². The van der Waals surface area contributed by atoms with Gasteiger partial charge in [-0.05, 0) is 53.5 Å². The predicted molar refractivity (Wildman–Crippen MR) is 141 cm³/mol. The van der Waals surface area contributed by atoms with E-state index in [0.717, 1.165) is 0 Å². The summed E-state index contributed by atoms with van der Waals surface area (Å²) < 4.78 is 15.3. The number of hydrogen-bond donors (Lipinski definition) is 2. The highest BCUT2D eigenvalue weighted by Gasteiger charge is 2.21. The van der Waals surface area contributed by atoms with Crippen LogP contribution in [0.15, 0.2) is 87.3 Å². The number of aromatic hydroxyl groups is 1. The fourth-order valence-corrected chi connectivity index (χ4v) is 4.87. The van der Waals surface area contributed by atoms with Crippen molar-refractivity contribution in [2.24, 2.45) is 0 Å². The smallest absolute Gasteiger partial charge is 0.337 e. The minimum atomic E-state index is -0.697. The second-order valence-electron chi connectivity index (χ2n) is 8.10. The molecule has 0 radical (unpaired) electrons. The number of nitrogens with zero attached hydrogens (tertiary/aromatic N) is 1. The number of carbonyl (C=O) groups excluding carboxylic acids is 3. The highest BCUT2D eigenvalue weighted by molar-refractivity contribution is 7.99. The first-order chi connectivity index (χ1) is 18.4. The molecule has 10 heteroatoms. The van der Waals surface area contributed by atoms with Gasteiger partial charge in [0.2, 0.25) is 0 Å². The maximum atomic E-state index is 13.4. The van der Waals surface area contributed by atoms with Crippen molar-refractivity contribution in [3.05, 3.63) is 89.5 Å². The summed E-state index contributed by atoms with van der Waals surface area (Å²) >= 11 is 1.22. The second-order valence-corrected chi connectivity index (χ2v) is 9.10. The second kappa shape index (κ2) is 10.3. The molecule has 1 heterocycles. The fraction of sp³-hybridized carbons (Fsp3) is 0.0714. The van der Waals surface area contributed by atoms with Crippen molar-refractivity contribution in [1.29, 1.82) is 0 Å². The average Bonchev–Trinajstić information content (AvgIpc) is 3.35. The Bertz CT molecular complexity index is 1660. The van der Waals surface area contributed by atoms with Crippen LogP contribution in [0.4, 0.5) is 5.69 Å². The van der Waals surface area contributed by atoms with Gasteiger partial charge in [0.15, 0.2) is 5.58 Å². The van der Waals surface area contributed by atoms with Crippen LogP contribution in [-0.4, -0.2) is 42.2 Å². The molecule has 9 nitrogen and oxygen atoms in total. The normalized spacial score (nSPS) is 10.9. The molecule has 0 unspecified atom stereocenters. The first-order valence-electron chi connectivity index (χ1n) is 11.3. The predicted octanol–water partition coefficient (Wildman–Crippen LogP) is 5.66. The van der Waals surface area contributed by atoms with Crippen molar-refractivity contribution in [3.63, 3.8) is 0 Å². The summed E-state index contributed by atoms with van der Waals surface area (Å²) in [4.78, 5) is 42.7. The summed E-state index contributed by atoms with van der Waals surface area (Å²) in [7, 11) is 2.41. The number of esters is 2. The Hall–Kier alpha value is -4.83. The fourth-order valence-electron chi connectivity index (χ4n) is 3.94. The number of hydrogen-bond acceptors (Lipinski definition) is 9. The number of anilines is 1. The first-order valence-corrected chi connectivity index (χ1v) is 12.1. The quantitative estimate of drug-likeness (QED) is 0.268. The SMILES string of the molecule is COC(=O)c1cc(NC(=O)c2cc(Sc3nc4ccccc4o3)c3ccccc3c2O)cc(C(=O)OC)c1. The number of methoxy groups -OCH3 is 2. The van der Waals surface area contributed by atoms with Crippen molar-refractivity contribution < 1.29 is 33.4 Å². The van der Waals surface area contributed by atoms with Crippen LogP contribution in [0, 0.1) is 0 Å². The number of aromatic nitrogens is 1. The van der Waals surface area contributed by atoms with Crippen molar-refractivity contribution >= 4 is 57.2 Å². The molecular formula is C28H20N2O7S. The van der Waals surface area contributed by atoms with Gasteiger partial charge in [-0.15, -0.1) is 0 Å².